The molecule has 1 aliphatic heterocycles. The molecule has 32 heavy (non-hydrogen) atoms. The van der Waals surface area contributed by atoms with Crippen molar-refractivity contribution in [1.82, 2.24) is 9.80 Å². The molecular weight excluding hydrogens is 451 g/mol. The van der Waals surface area contributed by atoms with E-state index in [9.17, 15) is 9.59 Å². The molecule has 170 valence electrons. The first kappa shape index (κ1) is 22.7. The maximum atomic E-state index is 13.1. The van der Waals surface area contributed by atoms with Crippen molar-refractivity contribution in [3.05, 3.63) is 57.6 Å². The molecule has 2 aliphatic rings. The number of nitrogens with zero attached hydrogens (tertiary/aromatic N) is 2. The standard InChI is InChI=1S/C24H26Cl2N2O4/c1-31-21-15-16(9-10-20(21)32-17-5-2-3-6-17)23(29)27-11-13-28(14-12-27)24(30)18-7-4-8-19(25)22(18)26/h4,7-10,15,17H,2-3,5-6,11-14H2,1H3. The summed E-state index contributed by atoms with van der Waals surface area (Å²) < 4.78 is 11.5. The molecule has 0 radical (unpaired) electrons. The number of hydrogen-bond donors (Lipinski definition) is 0. The molecule has 2 aromatic carbocycles. The van der Waals surface area contributed by atoms with E-state index < -0.39 is 0 Å². The Balaban J connectivity index is 1.39. The molecule has 0 aromatic heterocycles. The zero-order valence-electron chi connectivity index (χ0n) is 18.0. The van der Waals surface area contributed by atoms with Crippen LogP contribution in [0.4, 0.5) is 0 Å². The highest BCUT2D eigenvalue weighted by Crippen LogP contribution is 2.33. The van der Waals surface area contributed by atoms with Crippen LogP contribution in [0.2, 0.25) is 10.0 Å². The Morgan fingerprint density at radius 2 is 1.56 bits per heavy atom. The van der Waals surface area contributed by atoms with Gasteiger partial charge in [0.1, 0.15) is 0 Å². The van der Waals surface area contributed by atoms with E-state index in [1.165, 1.54) is 12.8 Å². The number of hydrogen-bond acceptors (Lipinski definition) is 4. The molecule has 1 saturated heterocycles. The molecule has 2 aromatic rings. The Morgan fingerprint density at radius 1 is 0.906 bits per heavy atom. The first-order valence-corrected chi connectivity index (χ1v) is 11.6. The zero-order chi connectivity index (χ0) is 22.7. The Labute approximate surface area is 198 Å². The molecular formula is C24H26Cl2N2O4. The zero-order valence-corrected chi connectivity index (χ0v) is 19.5. The van der Waals surface area contributed by atoms with Crippen molar-refractivity contribution in [2.75, 3.05) is 33.3 Å². The van der Waals surface area contributed by atoms with Crippen molar-refractivity contribution in [1.29, 1.82) is 0 Å². The highest BCUT2D eigenvalue weighted by atomic mass is 35.5. The fourth-order valence-corrected chi connectivity index (χ4v) is 4.60. The summed E-state index contributed by atoms with van der Waals surface area (Å²) in [6, 6.07) is 10.3. The van der Waals surface area contributed by atoms with Gasteiger partial charge in [0.2, 0.25) is 0 Å². The van der Waals surface area contributed by atoms with Crippen LogP contribution < -0.4 is 9.47 Å². The van der Waals surface area contributed by atoms with Crippen LogP contribution in [0.25, 0.3) is 0 Å². The molecule has 1 saturated carbocycles. The Kier molecular flexibility index (Phi) is 7.11. The summed E-state index contributed by atoms with van der Waals surface area (Å²) in [5.74, 6) is 0.959. The van der Waals surface area contributed by atoms with E-state index >= 15 is 0 Å². The van der Waals surface area contributed by atoms with Crippen LogP contribution in [0, 0.1) is 0 Å². The fourth-order valence-electron chi connectivity index (χ4n) is 4.22. The van der Waals surface area contributed by atoms with Crippen molar-refractivity contribution in [2.24, 2.45) is 0 Å². The van der Waals surface area contributed by atoms with Gasteiger partial charge in [-0.1, -0.05) is 29.3 Å². The number of amides is 2. The van der Waals surface area contributed by atoms with Gasteiger partial charge in [-0.3, -0.25) is 9.59 Å². The summed E-state index contributed by atoms with van der Waals surface area (Å²) in [6.45, 7) is 1.72. The second kappa shape index (κ2) is 10.0. The van der Waals surface area contributed by atoms with Crippen molar-refractivity contribution >= 4 is 35.0 Å². The van der Waals surface area contributed by atoms with Crippen molar-refractivity contribution in [2.45, 2.75) is 31.8 Å². The fraction of sp³-hybridized carbons (Fsp3) is 0.417. The van der Waals surface area contributed by atoms with Crippen LogP contribution >= 0.6 is 23.2 Å². The van der Waals surface area contributed by atoms with E-state index in [0.717, 1.165) is 12.8 Å². The van der Waals surface area contributed by atoms with Gasteiger partial charge < -0.3 is 19.3 Å². The lowest BCUT2D eigenvalue weighted by Gasteiger charge is -2.35. The molecule has 1 aliphatic carbocycles. The second-order valence-electron chi connectivity index (χ2n) is 8.08. The number of methoxy groups -OCH3 is 1. The van der Waals surface area contributed by atoms with Crippen molar-refractivity contribution < 1.29 is 19.1 Å². The second-order valence-corrected chi connectivity index (χ2v) is 8.86. The lowest BCUT2D eigenvalue weighted by Crippen LogP contribution is -2.50. The number of ether oxygens (including phenoxy) is 2. The summed E-state index contributed by atoms with van der Waals surface area (Å²) in [4.78, 5) is 29.3. The first-order valence-electron chi connectivity index (χ1n) is 10.8. The Bertz CT molecular complexity index is 999. The molecule has 0 N–H and O–H groups in total. The molecule has 6 nitrogen and oxygen atoms in total. The van der Waals surface area contributed by atoms with Gasteiger partial charge in [0.15, 0.2) is 11.5 Å². The smallest absolute Gasteiger partial charge is 0.255 e. The quantitative estimate of drug-likeness (QED) is 0.614. The minimum Gasteiger partial charge on any atom is -0.493 e. The molecule has 0 atom stereocenters. The monoisotopic (exact) mass is 476 g/mol. The normalized spacial score (nSPS) is 16.8. The SMILES string of the molecule is COc1cc(C(=O)N2CCN(C(=O)c3cccc(Cl)c3Cl)CC2)ccc1OC1CCCC1. The molecule has 2 fully saturated rings. The van der Waals surface area contributed by atoms with E-state index in [4.69, 9.17) is 32.7 Å². The summed E-state index contributed by atoms with van der Waals surface area (Å²) in [7, 11) is 1.58. The summed E-state index contributed by atoms with van der Waals surface area (Å²) in [5.41, 5.74) is 0.916. The minimum atomic E-state index is -0.181. The van der Waals surface area contributed by atoms with Crippen LogP contribution in [0.15, 0.2) is 36.4 Å². The largest absolute Gasteiger partial charge is 0.493 e. The predicted molar refractivity (Wildman–Crippen MR) is 124 cm³/mol. The maximum Gasteiger partial charge on any atom is 0.255 e. The minimum absolute atomic E-state index is 0.0939. The molecule has 8 heteroatoms. The van der Waals surface area contributed by atoms with Gasteiger partial charge in [-0.15, -0.1) is 0 Å². The lowest BCUT2D eigenvalue weighted by atomic mass is 10.1. The summed E-state index contributed by atoms with van der Waals surface area (Å²) in [6.07, 6.45) is 4.67. The van der Waals surface area contributed by atoms with E-state index in [2.05, 4.69) is 0 Å². The summed E-state index contributed by atoms with van der Waals surface area (Å²) in [5, 5.41) is 0.602. The van der Waals surface area contributed by atoms with Gasteiger partial charge in [-0.25, -0.2) is 0 Å². The highest BCUT2D eigenvalue weighted by Gasteiger charge is 2.27. The Hall–Kier alpha value is -2.44. The highest BCUT2D eigenvalue weighted by molar-refractivity contribution is 6.43. The van der Waals surface area contributed by atoms with Gasteiger partial charge in [0, 0.05) is 31.7 Å². The lowest BCUT2D eigenvalue weighted by molar-refractivity contribution is 0.0535. The van der Waals surface area contributed by atoms with E-state index in [-0.39, 0.29) is 22.9 Å². The maximum absolute atomic E-state index is 13.1. The van der Waals surface area contributed by atoms with Crippen LogP contribution in [0.3, 0.4) is 0 Å². The third-order valence-corrected chi connectivity index (χ3v) is 6.86. The predicted octanol–water partition coefficient (Wildman–Crippen LogP) is 4.92. The number of benzene rings is 2. The molecule has 0 spiro atoms. The van der Waals surface area contributed by atoms with Crippen LogP contribution in [-0.4, -0.2) is 61.0 Å². The molecule has 1 heterocycles. The molecule has 0 unspecified atom stereocenters. The van der Waals surface area contributed by atoms with E-state index in [0.29, 0.717) is 53.8 Å². The molecule has 0 bridgehead atoms. The van der Waals surface area contributed by atoms with Crippen molar-refractivity contribution in [3.8, 4) is 11.5 Å². The number of piperazine rings is 1. The number of carbonyl (C=O) groups excluding carboxylic acids is 2. The number of rotatable bonds is 5. The number of carbonyl (C=O) groups is 2. The molecule has 4 rings (SSSR count). The first-order chi connectivity index (χ1) is 15.5. The van der Waals surface area contributed by atoms with Gasteiger partial charge in [0.25, 0.3) is 11.8 Å². The number of halogens is 2. The van der Waals surface area contributed by atoms with E-state index in [1.54, 1.807) is 47.2 Å². The topological polar surface area (TPSA) is 59.1 Å². The van der Waals surface area contributed by atoms with Gasteiger partial charge >= 0.3 is 0 Å². The average molecular weight is 477 g/mol. The van der Waals surface area contributed by atoms with Crippen LogP contribution in [-0.2, 0) is 0 Å². The molecule has 2 amide bonds. The van der Waals surface area contributed by atoms with E-state index in [1.807, 2.05) is 6.07 Å². The van der Waals surface area contributed by atoms with Gasteiger partial charge in [-0.05, 0) is 56.0 Å². The Morgan fingerprint density at radius 3 is 2.22 bits per heavy atom. The van der Waals surface area contributed by atoms with Gasteiger partial charge in [-0.2, -0.15) is 0 Å². The van der Waals surface area contributed by atoms with Crippen LogP contribution in [0.1, 0.15) is 46.4 Å². The summed E-state index contributed by atoms with van der Waals surface area (Å²) >= 11 is 12.2. The third-order valence-electron chi connectivity index (χ3n) is 6.04. The van der Waals surface area contributed by atoms with Gasteiger partial charge in [0.05, 0.1) is 28.8 Å². The van der Waals surface area contributed by atoms with Crippen LogP contribution in [0.5, 0.6) is 11.5 Å². The average Bonchev–Trinajstić information content (AvgIpc) is 3.33. The van der Waals surface area contributed by atoms with Crippen molar-refractivity contribution in [3.63, 3.8) is 0 Å². The third kappa shape index (κ3) is 4.81.